The number of ether oxygens (including phenoxy) is 2. The minimum atomic E-state index is -1.28. The van der Waals surface area contributed by atoms with Gasteiger partial charge in [0.15, 0.2) is 0 Å². The summed E-state index contributed by atoms with van der Waals surface area (Å²) in [6.07, 6.45) is 4.70. The molecule has 6 atom stereocenters. The van der Waals surface area contributed by atoms with Crippen molar-refractivity contribution in [2.24, 2.45) is 17.8 Å². The molecule has 3 amide bonds. The lowest BCUT2D eigenvalue weighted by Gasteiger charge is -2.40. The first kappa shape index (κ1) is 35.3. The Hall–Kier alpha value is -4.55. The molecule has 3 aliphatic heterocycles. The summed E-state index contributed by atoms with van der Waals surface area (Å²) in [5.41, 5.74) is -0.148. The Bertz CT molecular complexity index is 1760. The van der Waals surface area contributed by atoms with Gasteiger partial charge in [0.1, 0.15) is 29.6 Å². The minimum absolute atomic E-state index is 0.0578. The molecule has 12 nitrogen and oxygen atoms in total. The molecule has 0 radical (unpaired) electrons. The molecule has 1 spiro atoms. The SMILES string of the molecule is C=CCN(Cn1nnc2ccccc21)C(=O)C1N([C@@H](CO)C(C)C)C(=O)[C@@H]2[C@H](C(=O)N(CC=C)c3ccc(OCC)cc3)[C@]3(CC)CCC12O3. The molecule has 50 heavy (non-hydrogen) atoms. The number of para-hydroxylation sites is 1. The summed E-state index contributed by atoms with van der Waals surface area (Å²) in [5, 5.41) is 19.3. The molecule has 2 unspecified atom stereocenters. The maximum absolute atomic E-state index is 15.1. The number of benzene rings is 2. The summed E-state index contributed by atoms with van der Waals surface area (Å²) in [6, 6.07) is 13.0. The fourth-order valence-corrected chi connectivity index (χ4v) is 8.53. The first-order chi connectivity index (χ1) is 24.1. The molecule has 1 N–H and O–H groups in total. The van der Waals surface area contributed by atoms with E-state index < -0.39 is 35.1 Å². The molecule has 6 rings (SSSR count). The first-order valence-electron chi connectivity index (χ1n) is 17.6. The number of aromatic nitrogens is 3. The number of anilines is 1. The number of nitrogens with zero attached hydrogens (tertiary/aromatic N) is 6. The van der Waals surface area contributed by atoms with E-state index in [-0.39, 0.29) is 50.0 Å². The Kier molecular flexibility index (Phi) is 9.87. The van der Waals surface area contributed by atoms with Crippen molar-refractivity contribution in [2.45, 2.75) is 76.9 Å². The van der Waals surface area contributed by atoms with Crippen LogP contribution in [-0.4, -0.2) is 97.2 Å². The first-order valence-corrected chi connectivity index (χ1v) is 17.6. The third kappa shape index (κ3) is 5.58. The molecule has 3 aliphatic rings. The summed E-state index contributed by atoms with van der Waals surface area (Å²) in [5.74, 6) is -2.25. The van der Waals surface area contributed by atoms with Gasteiger partial charge in [0, 0.05) is 18.8 Å². The number of carbonyl (C=O) groups is 3. The van der Waals surface area contributed by atoms with Gasteiger partial charge >= 0.3 is 0 Å². The molecule has 3 saturated heterocycles. The second-order valence-corrected chi connectivity index (χ2v) is 13.8. The largest absolute Gasteiger partial charge is 0.494 e. The van der Waals surface area contributed by atoms with Crippen molar-refractivity contribution in [1.82, 2.24) is 24.8 Å². The average Bonchev–Trinajstić information content (AvgIpc) is 3.85. The van der Waals surface area contributed by atoms with E-state index in [4.69, 9.17) is 9.47 Å². The number of carbonyl (C=O) groups excluding carboxylic acids is 3. The van der Waals surface area contributed by atoms with E-state index in [1.54, 1.807) is 26.6 Å². The van der Waals surface area contributed by atoms with E-state index in [2.05, 4.69) is 23.5 Å². The van der Waals surface area contributed by atoms with Crippen molar-refractivity contribution in [3.63, 3.8) is 0 Å². The van der Waals surface area contributed by atoms with E-state index in [1.807, 2.05) is 76.2 Å². The summed E-state index contributed by atoms with van der Waals surface area (Å²) < 4.78 is 14.3. The van der Waals surface area contributed by atoms with Crippen molar-refractivity contribution in [3.8, 4) is 5.75 Å². The number of amides is 3. The zero-order valence-electron chi connectivity index (χ0n) is 29.4. The van der Waals surface area contributed by atoms with Gasteiger partial charge in [0.05, 0.1) is 42.2 Å². The van der Waals surface area contributed by atoms with Gasteiger partial charge in [-0.3, -0.25) is 14.4 Å². The molecule has 2 aromatic carbocycles. The highest BCUT2D eigenvalue weighted by atomic mass is 16.5. The summed E-state index contributed by atoms with van der Waals surface area (Å²) in [4.78, 5) is 49.8. The molecule has 3 aromatic rings. The standard InChI is InChI=1S/C38H48N6O6/c1-7-21-41(24-43-29-14-12-11-13-28(29)39-40-43)36(48)33-38-20-19-37(9-3,50-38)31(32(38)35(47)44(33)30(23-45)25(5)6)34(46)42(22-8-2)26-15-17-27(18-16-26)49-10-4/h7-8,11-18,25,30-33,45H,1-2,9-10,19-24H2,3-6H3/t30-,31+,32-,33?,37-,38?/m0/s1. The normalized spacial score (nSPS) is 25.9. The van der Waals surface area contributed by atoms with E-state index in [0.717, 1.165) is 5.52 Å². The van der Waals surface area contributed by atoms with E-state index in [9.17, 15) is 14.7 Å². The van der Waals surface area contributed by atoms with Crippen LogP contribution < -0.4 is 9.64 Å². The number of rotatable bonds is 15. The Labute approximate surface area is 293 Å². The smallest absolute Gasteiger partial charge is 0.250 e. The average molecular weight is 685 g/mol. The van der Waals surface area contributed by atoms with Gasteiger partial charge in [0.25, 0.3) is 0 Å². The van der Waals surface area contributed by atoms with Crippen molar-refractivity contribution >= 4 is 34.4 Å². The molecule has 1 aromatic heterocycles. The van der Waals surface area contributed by atoms with Gasteiger partial charge < -0.3 is 29.3 Å². The Balaban J connectivity index is 1.44. The molecule has 266 valence electrons. The van der Waals surface area contributed by atoms with Crippen LogP contribution in [0.4, 0.5) is 5.69 Å². The zero-order chi connectivity index (χ0) is 35.8. The third-order valence-corrected chi connectivity index (χ3v) is 10.9. The van der Waals surface area contributed by atoms with Crippen LogP contribution in [0, 0.1) is 17.8 Å². The topological polar surface area (TPSA) is 130 Å². The quantitative estimate of drug-likeness (QED) is 0.236. The number of aliphatic hydroxyl groups is 1. The maximum Gasteiger partial charge on any atom is 0.250 e. The van der Waals surface area contributed by atoms with Crippen LogP contribution in [0.25, 0.3) is 11.0 Å². The van der Waals surface area contributed by atoms with Gasteiger partial charge in [-0.05, 0) is 68.5 Å². The monoisotopic (exact) mass is 684 g/mol. The van der Waals surface area contributed by atoms with Crippen LogP contribution in [0.3, 0.4) is 0 Å². The molecule has 12 heteroatoms. The van der Waals surface area contributed by atoms with Crippen molar-refractivity contribution in [3.05, 3.63) is 73.8 Å². The van der Waals surface area contributed by atoms with Crippen molar-refractivity contribution in [1.29, 1.82) is 0 Å². The Morgan fingerprint density at radius 3 is 2.44 bits per heavy atom. The molecule has 2 bridgehead atoms. The Morgan fingerprint density at radius 1 is 1.08 bits per heavy atom. The number of hydrogen-bond acceptors (Lipinski definition) is 8. The highest BCUT2D eigenvalue weighted by Crippen LogP contribution is 2.65. The lowest BCUT2D eigenvalue weighted by molar-refractivity contribution is -0.158. The van der Waals surface area contributed by atoms with E-state index in [0.29, 0.717) is 42.8 Å². The fraction of sp³-hybridized carbons (Fsp3) is 0.500. The number of likely N-dealkylation sites (tertiary alicyclic amines) is 1. The molecule has 4 heterocycles. The third-order valence-electron chi connectivity index (χ3n) is 10.9. The second-order valence-electron chi connectivity index (χ2n) is 13.8. The number of fused-ring (bicyclic) bond motifs is 2. The highest BCUT2D eigenvalue weighted by Gasteiger charge is 2.79. The van der Waals surface area contributed by atoms with Crippen LogP contribution in [0.15, 0.2) is 73.8 Å². The van der Waals surface area contributed by atoms with Gasteiger partial charge in [-0.15, -0.1) is 18.3 Å². The number of hydrogen-bond donors (Lipinski definition) is 1. The van der Waals surface area contributed by atoms with E-state index >= 15 is 4.79 Å². The predicted molar refractivity (Wildman–Crippen MR) is 189 cm³/mol. The van der Waals surface area contributed by atoms with Gasteiger partial charge in [-0.2, -0.15) is 0 Å². The lowest BCUT2D eigenvalue weighted by Crippen LogP contribution is -2.59. The zero-order valence-corrected chi connectivity index (χ0v) is 29.4. The van der Waals surface area contributed by atoms with Crippen molar-refractivity contribution in [2.75, 3.05) is 31.2 Å². The molecule has 0 saturated carbocycles. The summed E-state index contributed by atoms with van der Waals surface area (Å²) in [6.45, 7) is 16.1. The molecular formula is C38H48N6O6. The van der Waals surface area contributed by atoms with Crippen LogP contribution in [0.2, 0.25) is 0 Å². The summed E-state index contributed by atoms with van der Waals surface area (Å²) >= 11 is 0. The molecule has 0 aliphatic carbocycles. The molecular weight excluding hydrogens is 636 g/mol. The van der Waals surface area contributed by atoms with Gasteiger partial charge in [-0.1, -0.05) is 50.3 Å². The van der Waals surface area contributed by atoms with Crippen LogP contribution >= 0.6 is 0 Å². The molecule has 3 fully saturated rings. The Morgan fingerprint density at radius 2 is 1.80 bits per heavy atom. The van der Waals surface area contributed by atoms with Crippen LogP contribution in [0.1, 0.15) is 47.0 Å². The van der Waals surface area contributed by atoms with Crippen LogP contribution in [-0.2, 0) is 25.8 Å². The fourth-order valence-electron chi connectivity index (χ4n) is 8.53. The predicted octanol–water partition coefficient (Wildman–Crippen LogP) is 4.19. The van der Waals surface area contributed by atoms with Gasteiger partial charge in [0.2, 0.25) is 17.7 Å². The van der Waals surface area contributed by atoms with Crippen molar-refractivity contribution < 1.29 is 29.0 Å². The minimum Gasteiger partial charge on any atom is -0.494 e. The number of aliphatic hydroxyl groups excluding tert-OH is 1. The van der Waals surface area contributed by atoms with E-state index in [1.165, 1.54) is 4.90 Å². The maximum atomic E-state index is 15.1. The highest BCUT2D eigenvalue weighted by molar-refractivity contribution is 6.03. The van der Waals surface area contributed by atoms with Crippen LogP contribution in [0.5, 0.6) is 5.75 Å². The van der Waals surface area contributed by atoms with Gasteiger partial charge in [-0.25, -0.2) is 4.68 Å². The second kappa shape index (κ2) is 14.0. The summed E-state index contributed by atoms with van der Waals surface area (Å²) in [7, 11) is 0. The lowest BCUT2D eigenvalue weighted by atomic mass is 9.64.